The number of anilines is 1. The molecule has 2 N–H and O–H groups in total. The van der Waals surface area contributed by atoms with E-state index in [-0.39, 0.29) is 42.8 Å². The fourth-order valence-electron chi connectivity index (χ4n) is 9.41. The molecule has 6 atom stereocenters. The molecular formula is C41H29Cl2F3N4O5S. The van der Waals surface area contributed by atoms with Crippen LogP contribution in [0.4, 0.5) is 19.0 Å². The summed E-state index contributed by atoms with van der Waals surface area (Å²) >= 11 is 14.1. The van der Waals surface area contributed by atoms with Crippen molar-refractivity contribution in [1.82, 2.24) is 14.9 Å². The summed E-state index contributed by atoms with van der Waals surface area (Å²) in [6, 6.07) is 21.4. The van der Waals surface area contributed by atoms with E-state index in [0.717, 1.165) is 15.3 Å². The number of phenolic OH excluding ortho intramolecular Hbond substituents is 1. The molecule has 2 saturated heterocycles. The van der Waals surface area contributed by atoms with E-state index in [9.17, 15) is 32.7 Å². The molecule has 4 amide bonds. The van der Waals surface area contributed by atoms with E-state index in [4.69, 9.17) is 23.2 Å². The molecule has 0 radical (unpaired) electrons. The van der Waals surface area contributed by atoms with E-state index < -0.39 is 63.6 Å². The lowest BCUT2D eigenvalue weighted by Crippen LogP contribution is -2.53. The fraction of sp³-hybridized carbons (Fsp3) is 0.244. The Morgan fingerprint density at radius 2 is 1.70 bits per heavy atom. The number of hydrogen-bond acceptors (Lipinski definition) is 8. The van der Waals surface area contributed by atoms with Gasteiger partial charge in [-0.05, 0) is 59.4 Å². The third-order valence-electron chi connectivity index (χ3n) is 11.8. The summed E-state index contributed by atoms with van der Waals surface area (Å²) in [5, 5.41) is 15.8. The highest BCUT2D eigenvalue weighted by molar-refractivity contribution is 7.09. The number of thiophene rings is 1. The van der Waals surface area contributed by atoms with Gasteiger partial charge in [0.15, 0.2) is 5.82 Å². The number of phenols is 1. The van der Waals surface area contributed by atoms with Crippen LogP contribution >= 0.6 is 34.5 Å². The number of allylic oxidation sites excluding steroid dienone is 2. The van der Waals surface area contributed by atoms with Gasteiger partial charge in [-0.3, -0.25) is 29.5 Å². The number of nitrogens with one attached hydrogen (secondary N) is 1. The second-order valence-electron chi connectivity index (χ2n) is 14.5. The van der Waals surface area contributed by atoms with Gasteiger partial charge in [0.05, 0.1) is 40.3 Å². The van der Waals surface area contributed by atoms with Crippen LogP contribution in [0.5, 0.6) is 5.75 Å². The number of aromatic hydroxyl groups is 1. The Balaban J connectivity index is 1.24. The Hall–Kier alpha value is -5.24. The van der Waals surface area contributed by atoms with Crippen molar-refractivity contribution in [2.75, 3.05) is 5.43 Å². The van der Waals surface area contributed by atoms with Gasteiger partial charge in [0.25, 0.3) is 11.8 Å². The molecule has 5 aromatic rings. The van der Waals surface area contributed by atoms with Crippen molar-refractivity contribution in [3.63, 3.8) is 0 Å². The summed E-state index contributed by atoms with van der Waals surface area (Å²) in [5.41, 5.74) is 1.04. The van der Waals surface area contributed by atoms with E-state index >= 15 is 4.79 Å². The molecule has 9 nitrogen and oxygen atoms in total. The Kier molecular flexibility index (Phi) is 8.56. The average Bonchev–Trinajstić information content (AvgIpc) is 3.84. The number of carbonyl (C=O) groups excluding carboxylic acids is 4. The molecule has 284 valence electrons. The standard InChI is InChI=1S/C41H29Cl2F3N4O5S/c42-23-10-8-21(9-11-23)40-30(37(53)50(39(40)55)48-35-31(43)16-22(18-47-35)41(44,45)46)17-29-26(33(40)28-12-7-20-4-1-2-6-25(20)34(28)51)13-14-27-32(29)38(54)49(36(27)52)19-24-5-3-15-56-24/h1-13,15-16,18,27,29-30,32-33,51H,14,17,19H2,(H,47,48). The molecule has 4 aliphatic rings. The highest BCUT2D eigenvalue weighted by atomic mass is 35.5. The maximum absolute atomic E-state index is 15.4. The Morgan fingerprint density at radius 1 is 0.929 bits per heavy atom. The number of likely N-dealkylation sites (tertiary alicyclic amines) is 1. The van der Waals surface area contributed by atoms with Gasteiger partial charge in [0, 0.05) is 33.0 Å². The first-order valence-corrected chi connectivity index (χ1v) is 19.4. The highest BCUT2D eigenvalue weighted by Gasteiger charge is 2.70. The maximum Gasteiger partial charge on any atom is 0.417 e. The van der Waals surface area contributed by atoms with Crippen molar-refractivity contribution < 1.29 is 37.5 Å². The second kappa shape index (κ2) is 13.2. The maximum atomic E-state index is 15.4. The van der Waals surface area contributed by atoms with Crippen molar-refractivity contribution in [2.45, 2.75) is 36.9 Å². The summed E-state index contributed by atoms with van der Waals surface area (Å²) < 4.78 is 40.6. The lowest BCUT2D eigenvalue weighted by Gasteiger charge is -2.50. The van der Waals surface area contributed by atoms with Crippen LogP contribution < -0.4 is 5.43 Å². The van der Waals surface area contributed by atoms with Gasteiger partial charge in [0.1, 0.15) is 5.75 Å². The largest absolute Gasteiger partial charge is 0.507 e. The smallest absolute Gasteiger partial charge is 0.417 e. The van der Waals surface area contributed by atoms with Crippen LogP contribution in [0.15, 0.2) is 102 Å². The molecule has 2 aliphatic heterocycles. The molecule has 0 spiro atoms. The number of carbonyl (C=O) groups is 4. The van der Waals surface area contributed by atoms with Gasteiger partial charge in [-0.15, -0.1) is 11.3 Å². The monoisotopic (exact) mass is 816 g/mol. The quantitative estimate of drug-likeness (QED) is 0.130. The van der Waals surface area contributed by atoms with Crippen LogP contribution in [0, 0.1) is 23.7 Å². The lowest BCUT2D eigenvalue weighted by molar-refractivity contribution is -0.142. The molecule has 0 bridgehead atoms. The number of halogens is 5. The topological polar surface area (TPSA) is 120 Å². The van der Waals surface area contributed by atoms with Gasteiger partial charge in [-0.2, -0.15) is 18.2 Å². The molecular weight excluding hydrogens is 788 g/mol. The predicted molar refractivity (Wildman–Crippen MR) is 202 cm³/mol. The zero-order chi connectivity index (χ0) is 39.3. The first-order valence-electron chi connectivity index (χ1n) is 17.7. The van der Waals surface area contributed by atoms with Crippen molar-refractivity contribution >= 4 is 74.8 Å². The second-order valence-corrected chi connectivity index (χ2v) is 16.4. The number of amides is 4. The minimum Gasteiger partial charge on any atom is -0.507 e. The summed E-state index contributed by atoms with van der Waals surface area (Å²) in [4.78, 5) is 64.6. The predicted octanol–water partition coefficient (Wildman–Crippen LogP) is 8.51. The molecule has 15 heteroatoms. The Labute approximate surface area is 331 Å². The number of hydrazine groups is 1. The molecule has 56 heavy (non-hydrogen) atoms. The van der Waals surface area contributed by atoms with Crippen LogP contribution in [-0.4, -0.2) is 43.6 Å². The van der Waals surface area contributed by atoms with Crippen LogP contribution in [0.1, 0.15) is 40.3 Å². The van der Waals surface area contributed by atoms with Gasteiger partial charge >= 0.3 is 6.18 Å². The summed E-state index contributed by atoms with van der Waals surface area (Å²) in [7, 11) is 0. The number of rotatable bonds is 6. The number of nitrogens with zero attached hydrogens (tertiary/aromatic N) is 3. The van der Waals surface area contributed by atoms with Crippen molar-refractivity contribution in [3.8, 4) is 5.75 Å². The van der Waals surface area contributed by atoms with E-state index in [1.165, 1.54) is 16.2 Å². The number of alkyl halides is 3. The van der Waals surface area contributed by atoms with E-state index in [1.54, 1.807) is 48.5 Å². The number of benzene rings is 3. The van der Waals surface area contributed by atoms with Gasteiger partial charge in [-0.1, -0.05) is 89.4 Å². The number of hydrogen-bond donors (Lipinski definition) is 2. The molecule has 2 aliphatic carbocycles. The van der Waals surface area contributed by atoms with Crippen molar-refractivity contribution in [3.05, 3.63) is 134 Å². The first kappa shape index (κ1) is 36.4. The van der Waals surface area contributed by atoms with Gasteiger partial charge in [-0.25, -0.2) is 4.98 Å². The minimum atomic E-state index is -4.75. The van der Waals surface area contributed by atoms with Crippen molar-refractivity contribution in [2.24, 2.45) is 23.7 Å². The van der Waals surface area contributed by atoms with E-state index in [1.807, 2.05) is 35.7 Å². The highest BCUT2D eigenvalue weighted by Crippen LogP contribution is 2.65. The Morgan fingerprint density at radius 3 is 2.41 bits per heavy atom. The van der Waals surface area contributed by atoms with Crippen LogP contribution in [0.3, 0.4) is 0 Å². The molecule has 1 saturated carbocycles. The molecule has 3 fully saturated rings. The van der Waals surface area contributed by atoms with Crippen LogP contribution in [0.25, 0.3) is 10.8 Å². The fourth-order valence-corrected chi connectivity index (χ4v) is 10.4. The van der Waals surface area contributed by atoms with Gasteiger partial charge < -0.3 is 5.11 Å². The number of imide groups is 2. The third-order valence-corrected chi connectivity index (χ3v) is 13.2. The first-order chi connectivity index (χ1) is 26.8. The SMILES string of the molecule is O=C1C2CC=C3C(CC4C(=O)N(Nc5ncc(C(F)(F)F)cc5Cl)C(=O)C4(c4ccc(Cl)cc4)C3c3ccc4ccccc4c3O)C2C(=O)N1Cc1cccs1. The van der Waals surface area contributed by atoms with Crippen molar-refractivity contribution in [1.29, 1.82) is 0 Å². The van der Waals surface area contributed by atoms with Gasteiger partial charge in [0.2, 0.25) is 11.8 Å². The van der Waals surface area contributed by atoms with E-state index in [0.29, 0.717) is 39.4 Å². The molecule has 6 unspecified atom stereocenters. The molecule has 4 heterocycles. The molecule has 3 aromatic carbocycles. The average molecular weight is 818 g/mol. The normalized spacial score (nSPS) is 26.0. The number of pyridine rings is 1. The minimum absolute atomic E-state index is 0.0384. The lowest BCUT2D eigenvalue weighted by atomic mass is 9.49. The van der Waals surface area contributed by atoms with Crippen LogP contribution in [0.2, 0.25) is 10.0 Å². The summed E-state index contributed by atoms with van der Waals surface area (Å²) in [5.74, 6) is -7.25. The number of fused-ring (bicyclic) bond motifs is 5. The van der Waals surface area contributed by atoms with Crippen LogP contribution in [-0.2, 0) is 37.3 Å². The zero-order valence-electron chi connectivity index (χ0n) is 29.0. The zero-order valence-corrected chi connectivity index (χ0v) is 31.3. The Bertz CT molecular complexity index is 2510. The molecule has 9 rings (SSSR count). The third kappa shape index (κ3) is 5.38. The summed E-state index contributed by atoms with van der Waals surface area (Å²) in [6.45, 7) is 0.105. The summed E-state index contributed by atoms with van der Waals surface area (Å²) in [6.07, 6.45) is -2.19. The molecule has 2 aromatic heterocycles. The number of aromatic nitrogens is 1. The van der Waals surface area contributed by atoms with E-state index in [2.05, 4.69) is 10.4 Å².